The first-order valence-electron chi connectivity index (χ1n) is 33.6. The number of methoxy groups -OCH3 is 2. The summed E-state index contributed by atoms with van der Waals surface area (Å²) in [7, 11) is 2.60. The maximum Gasteiger partial charge on any atom is 0.407 e. The minimum absolute atomic E-state index is 0.0287. The predicted molar refractivity (Wildman–Crippen MR) is 350 cm³/mol. The lowest BCUT2D eigenvalue weighted by Crippen LogP contribution is -2.55. The van der Waals surface area contributed by atoms with Gasteiger partial charge in [-0.3, -0.25) is 23.7 Å². The minimum Gasteiger partial charge on any atom is -0.453 e. The normalized spacial score (nSPS) is 21.8. The first-order valence-corrected chi connectivity index (χ1v) is 33.6. The fourth-order valence-electron chi connectivity index (χ4n) is 15.3. The fourth-order valence-corrected chi connectivity index (χ4v) is 15.3. The topological polar surface area (TPSA) is 259 Å². The Balaban J connectivity index is 0.940. The van der Waals surface area contributed by atoms with E-state index in [0.29, 0.717) is 24.2 Å². The minimum atomic E-state index is -0.835. The number of fused-ring (bicyclic) bond motifs is 4. The van der Waals surface area contributed by atoms with Crippen LogP contribution < -0.4 is 26.7 Å². The number of carbonyl (C=O) groups excluding carboxylic acids is 6. The van der Waals surface area contributed by atoms with E-state index >= 15 is 9.59 Å². The van der Waals surface area contributed by atoms with E-state index in [1.807, 2.05) is 80.4 Å². The number of nitrogens with zero attached hydrogens (tertiary/aromatic N) is 5. The third-order valence-electron chi connectivity index (χ3n) is 20.7. The molecule has 20 heteroatoms. The highest BCUT2D eigenvalue weighted by molar-refractivity contribution is 5.89. The number of aryl methyl sites for hydroxylation is 4. The van der Waals surface area contributed by atoms with Crippen LogP contribution in [0.5, 0.6) is 0 Å². The summed E-state index contributed by atoms with van der Waals surface area (Å²) >= 11 is 0. The Morgan fingerprint density at radius 1 is 0.598 bits per heavy atom. The van der Waals surface area contributed by atoms with E-state index in [9.17, 15) is 19.2 Å². The van der Waals surface area contributed by atoms with Crippen LogP contribution in [0.3, 0.4) is 0 Å². The highest BCUT2D eigenvalue weighted by Gasteiger charge is 2.52. The number of esters is 2. The highest BCUT2D eigenvalue weighted by Crippen LogP contribution is 2.49. The van der Waals surface area contributed by atoms with Gasteiger partial charge in [0.15, 0.2) is 17.8 Å². The summed E-state index contributed by atoms with van der Waals surface area (Å²) in [6.07, 6.45) is 10.8. The highest BCUT2D eigenvalue weighted by atomic mass is 16.6. The molecular formula is C72H95N10O10+. The van der Waals surface area contributed by atoms with E-state index in [2.05, 4.69) is 82.3 Å². The number of H-pyrrole nitrogens is 1. The lowest BCUT2D eigenvalue weighted by molar-refractivity contribution is -0.712. The van der Waals surface area contributed by atoms with E-state index in [1.165, 1.54) is 30.9 Å². The van der Waals surface area contributed by atoms with E-state index in [4.69, 9.17) is 35.4 Å². The molecule has 7 N–H and O–H groups in total. The molecule has 14 rings (SSSR count). The molecular weight excluding hydrogens is 1160 g/mol. The molecule has 0 spiro atoms. The molecule has 2 aromatic heterocycles. The van der Waals surface area contributed by atoms with Crippen molar-refractivity contribution in [2.45, 2.75) is 207 Å². The lowest BCUT2D eigenvalue weighted by atomic mass is 9.84. The van der Waals surface area contributed by atoms with Crippen LogP contribution in [0.1, 0.15) is 166 Å². The van der Waals surface area contributed by atoms with Crippen LogP contribution in [0, 0.1) is 35.5 Å². The second-order valence-corrected chi connectivity index (χ2v) is 27.9. The quantitative estimate of drug-likeness (QED) is 0.0305. The first kappa shape index (κ1) is 65.6. The van der Waals surface area contributed by atoms with Crippen molar-refractivity contribution in [3.05, 3.63) is 107 Å². The van der Waals surface area contributed by atoms with Gasteiger partial charge in [-0.05, 0) is 175 Å². The lowest BCUT2D eigenvalue weighted by Gasteiger charge is -2.37. The van der Waals surface area contributed by atoms with Gasteiger partial charge < -0.3 is 50.8 Å². The number of amides is 4. The summed E-state index contributed by atoms with van der Waals surface area (Å²) in [5.41, 5.74) is 24.8. The van der Waals surface area contributed by atoms with Crippen LogP contribution in [0.15, 0.2) is 72.8 Å². The number of imidazole rings is 2. The Kier molecular flexibility index (Phi) is 19.8. The number of carbonyl (C=O) groups is 6. The second kappa shape index (κ2) is 27.8. The zero-order valence-corrected chi connectivity index (χ0v) is 55.3. The molecule has 92 heavy (non-hydrogen) atoms. The molecule has 2 aliphatic heterocycles. The Morgan fingerprint density at radius 2 is 1.10 bits per heavy atom. The summed E-state index contributed by atoms with van der Waals surface area (Å²) in [5.74, 6) is -0.262. The van der Waals surface area contributed by atoms with Crippen LogP contribution >= 0.6 is 0 Å². The van der Waals surface area contributed by atoms with Gasteiger partial charge in [0.05, 0.1) is 31.3 Å². The van der Waals surface area contributed by atoms with Gasteiger partial charge in [-0.1, -0.05) is 124 Å². The van der Waals surface area contributed by atoms with E-state index in [-0.39, 0.29) is 72.9 Å². The maximum atomic E-state index is 15.0. The number of benzene rings is 4. The number of aromatic nitrogens is 4. The Hall–Kier alpha value is -7.84. The molecule has 492 valence electrons. The number of nitrogens with one attached hydrogen (secondary N) is 3. The molecule has 20 nitrogen and oxygen atoms in total. The number of aromatic amines is 1. The van der Waals surface area contributed by atoms with Crippen molar-refractivity contribution in [2.75, 3.05) is 14.2 Å². The molecule has 8 aliphatic rings. The molecule has 1 unspecified atom stereocenters. The van der Waals surface area contributed by atoms with Crippen LogP contribution in [-0.2, 0) is 77.3 Å². The summed E-state index contributed by atoms with van der Waals surface area (Å²) in [4.78, 5) is 95.7. The predicted octanol–water partition coefficient (Wildman–Crippen LogP) is 10.4. The monoisotopic (exact) mass is 1260 g/mol. The van der Waals surface area contributed by atoms with Crippen LogP contribution in [0.25, 0.3) is 44.3 Å². The van der Waals surface area contributed by atoms with Gasteiger partial charge in [-0.25, -0.2) is 19.6 Å². The average molecular weight is 1260 g/mol. The van der Waals surface area contributed by atoms with Crippen molar-refractivity contribution < 1.29 is 52.3 Å². The van der Waals surface area contributed by atoms with E-state index in [1.54, 1.807) is 0 Å². The van der Waals surface area contributed by atoms with Crippen LogP contribution in [0.2, 0.25) is 0 Å². The van der Waals surface area contributed by atoms with Crippen molar-refractivity contribution in [2.24, 2.45) is 47.0 Å². The summed E-state index contributed by atoms with van der Waals surface area (Å²) in [6, 6.07) is 22.0. The fraction of sp³-hybridized carbons (Fsp3) is 0.556. The third kappa shape index (κ3) is 13.2. The molecule has 4 aromatic carbocycles. The van der Waals surface area contributed by atoms with Crippen LogP contribution in [-0.4, -0.2) is 111 Å². The van der Waals surface area contributed by atoms with Gasteiger partial charge in [0.2, 0.25) is 18.5 Å². The smallest absolute Gasteiger partial charge is 0.407 e. The Labute approximate surface area is 540 Å². The number of ether oxygens (including phenoxy) is 4. The first-order chi connectivity index (χ1) is 44.1. The van der Waals surface area contributed by atoms with Gasteiger partial charge in [0, 0.05) is 12.1 Å². The van der Waals surface area contributed by atoms with Gasteiger partial charge >= 0.3 is 24.1 Å². The molecule has 0 radical (unpaired) electrons. The molecule has 4 amide bonds. The third-order valence-corrected chi connectivity index (χ3v) is 20.7. The Morgan fingerprint density at radius 3 is 1.63 bits per heavy atom. The average Bonchev–Trinajstić information content (AvgIpc) is 1.59. The van der Waals surface area contributed by atoms with Gasteiger partial charge in [-0.2, -0.15) is 4.57 Å². The van der Waals surface area contributed by atoms with Crippen molar-refractivity contribution >= 4 is 58.0 Å². The molecule has 10 atom stereocenters. The van der Waals surface area contributed by atoms with Gasteiger partial charge in [0.1, 0.15) is 36.0 Å². The number of likely N-dealkylation sites (tertiary alicyclic amines) is 2. The molecule has 2 saturated heterocycles. The molecule has 6 aliphatic carbocycles. The molecule has 4 fully saturated rings. The van der Waals surface area contributed by atoms with Crippen LogP contribution in [0.4, 0.5) is 9.59 Å². The molecule has 4 heterocycles. The number of hydrogen-bond acceptors (Lipinski definition) is 13. The number of nitrogens with two attached hydrogens (primary N) is 2. The maximum absolute atomic E-state index is 15.0. The van der Waals surface area contributed by atoms with Gasteiger partial charge in [0.25, 0.3) is 5.82 Å². The van der Waals surface area contributed by atoms with Crippen molar-refractivity contribution in [1.29, 1.82) is 0 Å². The van der Waals surface area contributed by atoms with E-state index < -0.39 is 60.4 Å². The van der Waals surface area contributed by atoms with Crippen molar-refractivity contribution in [3.63, 3.8) is 0 Å². The largest absolute Gasteiger partial charge is 0.453 e. The SMILES string of the molecule is COC(=O)N[C@H](C(=O)N1C(c2nc3ccc(-c4cc5ccc4CCc4ccc(c(-c6ccc7[nH]c([C@@H]8C[C@@H]9CCCC[C@@H]9N8C(=O)[C@@H](NC(=O)OC)C(C)C)[n+](COC(=O)[C@@H](N)C(C)C)c7c6)c4)CC5)cc3n2COC(=O)[C@@H](N)C(C)C)C[C@@H]2CCCC[C@@H]21)C(C)C. The number of alkyl carbamates (subject to hydrolysis) is 2. The molecule has 4 bridgehead atoms. The zero-order valence-electron chi connectivity index (χ0n) is 55.3. The number of rotatable bonds is 18. The summed E-state index contributed by atoms with van der Waals surface area (Å²) in [6.45, 7) is 15.0. The molecule has 2 saturated carbocycles. The van der Waals surface area contributed by atoms with Crippen molar-refractivity contribution in [3.8, 4) is 22.3 Å². The summed E-state index contributed by atoms with van der Waals surface area (Å²) < 4.78 is 26.2. The van der Waals surface area contributed by atoms with Gasteiger partial charge in [-0.15, -0.1) is 0 Å². The van der Waals surface area contributed by atoms with Crippen molar-refractivity contribution in [1.82, 2.24) is 35.0 Å². The summed E-state index contributed by atoms with van der Waals surface area (Å²) in [5, 5.41) is 5.68. The standard InChI is InChI=1S/C72H94N10O10/c1-39(2)61(73)69(85)91-37-79-57-33-47(27-29-53(57)75-65(79)59-35-49-15-11-13-17-55(49)81(59)67(83)63(41(5)6)77-71(87)89-9)51-31-43-19-23-45(51)25-21-44-20-24-46(26-22-43)52(32-44)48-28-30-54-58(34-48)80(38-92-70(86)62(74)40(3)4)66(76-54)60-36-50-16-12-14-18-56(50)82(60)68(84)64(42(7)8)78-72(88)90-10/h19-20,23-24,27-34,39-42,49-50,55-56,59-64H,11-18,21-22,25-26,35-38,73-74H2,1-10H3,(H2,77,78,87,88)/p+1/t49-,50-,55-,56-,59-,60?,61-,62-,63-,64-/m0/s1. The van der Waals surface area contributed by atoms with E-state index in [0.717, 1.165) is 127 Å². The molecule has 6 aromatic rings. The Bertz CT molecular complexity index is 3500. The number of hydrogen-bond donors (Lipinski definition) is 5. The zero-order chi connectivity index (χ0) is 65.4. The second-order valence-electron chi connectivity index (χ2n) is 27.9.